The first-order valence-electron chi connectivity index (χ1n) is 5.77. The Hall–Kier alpha value is -2.09. The summed E-state index contributed by atoms with van der Waals surface area (Å²) >= 11 is 0. The predicted molar refractivity (Wildman–Crippen MR) is 70.5 cm³/mol. The number of aryl methyl sites for hydroxylation is 1. The minimum Gasteiger partial charge on any atom is -0.346 e. The molecule has 0 saturated carbocycles. The summed E-state index contributed by atoms with van der Waals surface area (Å²) in [4.78, 5) is 11.6. The highest BCUT2D eigenvalue weighted by molar-refractivity contribution is 7.84. The molecule has 3 rings (SSSR count). The molecule has 0 aromatic carbocycles. The van der Waals surface area contributed by atoms with E-state index in [9.17, 15) is 4.21 Å². The van der Waals surface area contributed by atoms with Gasteiger partial charge in [-0.3, -0.25) is 8.78 Å². The standard InChI is InChI=1S/C11H12N6OS/c1-3-7-4-12-9-8(7)10(14-5-13-9)17-6-15-16-11(17)19(2)18/h4-6H,3H2,1-2H3,(H,12,13,14). The van der Waals surface area contributed by atoms with Gasteiger partial charge >= 0.3 is 0 Å². The van der Waals surface area contributed by atoms with Crippen LogP contribution < -0.4 is 0 Å². The van der Waals surface area contributed by atoms with Crippen LogP contribution in [0, 0.1) is 0 Å². The number of nitrogens with zero attached hydrogens (tertiary/aromatic N) is 5. The molecule has 3 heterocycles. The van der Waals surface area contributed by atoms with E-state index in [1.54, 1.807) is 10.8 Å². The summed E-state index contributed by atoms with van der Waals surface area (Å²) in [6, 6.07) is 0. The number of H-pyrrole nitrogens is 1. The molecule has 98 valence electrons. The molecule has 0 saturated heterocycles. The van der Waals surface area contributed by atoms with Crippen LogP contribution in [-0.4, -0.2) is 40.2 Å². The van der Waals surface area contributed by atoms with E-state index in [1.807, 2.05) is 6.20 Å². The molecule has 1 N–H and O–H groups in total. The number of hydrogen-bond acceptors (Lipinski definition) is 5. The Balaban J connectivity index is 2.33. The Kier molecular flexibility index (Phi) is 2.86. The molecule has 0 aliphatic heterocycles. The second-order valence-corrected chi connectivity index (χ2v) is 5.30. The summed E-state index contributed by atoms with van der Waals surface area (Å²) in [7, 11) is -1.23. The van der Waals surface area contributed by atoms with E-state index in [-0.39, 0.29) is 0 Å². The van der Waals surface area contributed by atoms with E-state index < -0.39 is 10.8 Å². The zero-order valence-corrected chi connectivity index (χ0v) is 11.3. The number of rotatable bonds is 3. The van der Waals surface area contributed by atoms with Crippen LogP contribution in [0.1, 0.15) is 12.5 Å². The third-order valence-electron chi connectivity index (χ3n) is 2.91. The molecule has 0 spiro atoms. The maximum atomic E-state index is 11.7. The van der Waals surface area contributed by atoms with Crippen molar-refractivity contribution in [2.45, 2.75) is 18.5 Å². The van der Waals surface area contributed by atoms with Crippen LogP contribution in [0.4, 0.5) is 0 Å². The van der Waals surface area contributed by atoms with Crippen LogP contribution in [0.5, 0.6) is 0 Å². The van der Waals surface area contributed by atoms with Crippen LogP contribution in [0.25, 0.3) is 16.9 Å². The topological polar surface area (TPSA) is 89.3 Å². The summed E-state index contributed by atoms with van der Waals surface area (Å²) in [5.74, 6) is 0.651. The molecular weight excluding hydrogens is 264 g/mol. The molecule has 1 atom stereocenters. The van der Waals surface area contributed by atoms with Gasteiger partial charge in [0.15, 0.2) is 5.82 Å². The smallest absolute Gasteiger partial charge is 0.226 e. The first-order chi connectivity index (χ1) is 9.22. The second kappa shape index (κ2) is 4.54. The summed E-state index contributed by atoms with van der Waals surface area (Å²) < 4.78 is 13.3. The molecule has 19 heavy (non-hydrogen) atoms. The largest absolute Gasteiger partial charge is 0.346 e. The van der Waals surface area contributed by atoms with Gasteiger partial charge in [-0.2, -0.15) is 0 Å². The Bertz CT molecular complexity index is 761. The average molecular weight is 276 g/mol. The van der Waals surface area contributed by atoms with E-state index in [2.05, 4.69) is 32.1 Å². The van der Waals surface area contributed by atoms with Crippen molar-refractivity contribution >= 4 is 21.8 Å². The van der Waals surface area contributed by atoms with Crippen molar-refractivity contribution in [2.75, 3.05) is 6.26 Å². The van der Waals surface area contributed by atoms with Gasteiger partial charge in [-0.25, -0.2) is 9.97 Å². The van der Waals surface area contributed by atoms with Crippen molar-refractivity contribution in [1.82, 2.24) is 29.7 Å². The van der Waals surface area contributed by atoms with Crippen LogP contribution in [0.2, 0.25) is 0 Å². The van der Waals surface area contributed by atoms with Crippen molar-refractivity contribution < 1.29 is 4.21 Å². The minimum absolute atomic E-state index is 0.378. The highest BCUT2D eigenvalue weighted by Crippen LogP contribution is 2.23. The van der Waals surface area contributed by atoms with Crippen molar-refractivity contribution in [3.63, 3.8) is 0 Å². The normalized spacial score (nSPS) is 12.9. The number of aromatic nitrogens is 6. The van der Waals surface area contributed by atoms with Crippen molar-refractivity contribution in [2.24, 2.45) is 0 Å². The molecule has 1 unspecified atom stereocenters. The van der Waals surface area contributed by atoms with Gasteiger partial charge in [0.1, 0.15) is 18.3 Å². The summed E-state index contributed by atoms with van der Waals surface area (Å²) in [6.45, 7) is 2.06. The number of hydrogen-bond donors (Lipinski definition) is 1. The summed E-state index contributed by atoms with van der Waals surface area (Å²) in [6.07, 6.45) is 7.32. The van der Waals surface area contributed by atoms with Crippen molar-refractivity contribution in [1.29, 1.82) is 0 Å². The fraction of sp³-hybridized carbons (Fsp3) is 0.273. The molecule has 0 bridgehead atoms. The second-order valence-electron chi connectivity index (χ2n) is 4.03. The highest BCUT2D eigenvalue weighted by atomic mass is 32.2. The van der Waals surface area contributed by atoms with Gasteiger partial charge < -0.3 is 4.98 Å². The first-order valence-corrected chi connectivity index (χ1v) is 7.33. The average Bonchev–Trinajstić information content (AvgIpc) is 3.04. The number of fused-ring (bicyclic) bond motifs is 1. The fourth-order valence-electron chi connectivity index (χ4n) is 2.04. The molecular formula is C11H12N6OS. The summed E-state index contributed by atoms with van der Waals surface area (Å²) in [5.41, 5.74) is 1.86. The maximum Gasteiger partial charge on any atom is 0.226 e. The van der Waals surface area contributed by atoms with Gasteiger partial charge in [-0.1, -0.05) is 6.92 Å². The number of nitrogens with one attached hydrogen (secondary N) is 1. The molecule has 3 aromatic heterocycles. The van der Waals surface area contributed by atoms with E-state index >= 15 is 0 Å². The lowest BCUT2D eigenvalue weighted by Gasteiger charge is -2.05. The molecule has 8 heteroatoms. The zero-order valence-electron chi connectivity index (χ0n) is 10.5. The van der Waals surface area contributed by atoms with Crippen LogP contribution in [0.3, 0.4) is 0 Å². The lowest BCUT2D eigenvalue weighted by molar-refractivity contribution is 0.675. The minimum atomic E-state index is -1.23. The molecule has 7 nitrogen and oxygen atoms in total. The molecule has 0 radical (unpaired) electrons. The van der Waals surface area contributed by atoms with Crippen LogP contribution in [-0.2, 0) is 17.2 Å². The first kappa shape index (κ1) is 12.0. The Morgan fingerprint density at radius 3 is 3.00 bits per heavy atom. The van der Waals surface area contributed by atoms with E-state index in [0.29, 0.717) is 11.0 Å². The monoisotopic (exact) mass is 276 g/mol. The van der Waals surface area contributed by atoms with Gasteiger partial charge in [-0.15, -0.1) is 10.2 Å². The lowest BCUT2D eigenvalue weighted by atomic mass is 10.2. The molecule has 3 aromatic rings. The van der Waals surface area contributed by atoms with Gasteiger partial charge in [0, 0.05) is 12.5 Å². The van der Waals surface area contributed by atoms with Crippen molar-refractivity contribution in [3.8, 4) is 5.82 Å². The third kappa shape index (κ3) is 1.84. The van der Waals surface area contributed by atoms with Gasteiger partial charge in [0.2, 0.25) is 5.16 Å². The van der Waals surface area contributed by atoms with Gasteiger partial charge in [0.25, 0.3) is 0 Å². The fourth-order valence-corrected chi connectivity index (χ4v) is 2.61. The lowest BCUT2D eigenvalue weighted by Crippen LogP contribution is -2.05. The van der Waals surface area contributed by atoms with Crippen LogP contribution in [0.15, 0.2) is 24.0 Å². The Morgan fingerprint density at radius 2 is 2.26 bits per heavy atom. The van der Waals surface area contributed by atoms with E-state index in [0.717, 1.165) is 23.0 Å². The quantitative estimate of drug-likeness (QED) is 0.765. The highest BCUT2D eigenvalue weighted by Gasteiger charge is 2.16. The predicted octanol–water partition coefficient (Wildman–Crippen LogP) is 0.838. The van der Waals surface area contributed by atoms with E-state index in [4.69, 9.17) is 0 Å². The zero-order chi connectivity index (χ0) is 13.4. The van der Waals surface area contributed by atoms with E-state index in [1.165, 1.54) is 12.7 Å². The summed E-state index contributed by atoms with van der Waals surface area (Å²) in [5, 5.41) is 8.99. The SMILES string of the molecule is CCc1c[nH]c2ncnc(-n3cnnc3S(C)=O)c12. The van der Waals surface area contributed by atoms with Gasteiger partial charge in [-0.05, 0) is 12.0 Å². The molecule has 0 fully saturated rings. The third-order valence-corrected chi connectivity index (χ3v) is 3.71. The molecule has 0 amide bonds. The molecule has 0 aliphatic rings. The number of aromatic amines is 1. The Labute approximate surface area is 111 Å². The molecule has 0 aliphatic carbocycles. The van der Waals surface area contributed by atoms with Gasteiger partial charge in [0.05, 0.1) is 16.2 Å². The Morgan fingerprint density at radius 1 is 1.42 bits per heavy atom. The maximum absolute atomic E-state index is 11.7. The van der Waals surface area contributed by atoms with Crippen molar-refractivity contribution in [3.05, 3.63) is 24.4 Å². The van der Waals surface area contributed by atoms with Crippen LogP contribution >= 0.6 is 0 Å².